The largest absolute Gasteiger partial charge is 0.481 e. The zero-order valence-electron chi connectivity index (χ0n) is 13.2. The van der Waals surface area contributed by atoms with Crippen LogP contribution in [0.25, 0.3) is 0 Å². The Balaban J connectivity index is 1.49. The Morgan fingerprint density at radius 1 is 1.22 bits per heavy atom. The average Bonchev–Trinajstić information content (AvgIpc) is 3.23. The van der Waals surface area contributed by atoms with Gasteiger partial charge in [0.1, 0.15) is 0 Å². The third-order valence-electron chi connectivity index (χ3n) is 4.88. The van der Waals surface area contributed by atoms with Crippen LogP contribution in [0, 0.1) is 5.92 Å². The molecule has 1 aliphatic heterocycles. The average molecular weight is 321 g/mol. The van der Waals surface area contributed by atoms with E-state index in [-0.39, 0.29) is 5.91 Å². The summed E-state index contributed by atoms with van der Waals surface area (Å²) in [4.78, 5) is 29.4. The number of aromatic nitrogens is 2. The van der Waals surface area contributed by atoms with Crippen molar-refractivity contribution in [3.05, 3.63) is 11.7 Å². The molecular formula is C16H23N3O4. The molecule has 1 aliphatic carbocycles. The van der Waals surface area contributed by atoms with Crippen LogP contribution in [0.15, 0.2) is 4.52 Å². The van der Waals surface area contributed by atoms with Gasteiger partial charge in [0.25, 0.3) is 0 Å². The van der Waals surface area contributed by atoms with Crippen molar-refractivity contribution in [1.29, 1.82) is 0 Å². The smallest absolute Gasteiger partial charge is 0.308 e. The molecule has 0 radical (unpaired) electrons. The van der Waals surface area contributed by atoms with Crippen LogP contribution in [0.4, 0.5) is 0 Å². The molecule has 23 heavy (non-hydrogen) atoms. The molecule has 0 unspecified atom stereocenters. The van der Waals surface area contributed by atoms with Crippen LogP contribution in [-0.4, -0.2) is 45.1 Å². The van der Waals surface area contributed by atoms with Gasteiger partial charge in [-0.25, -0.2) is 0 Å². The Bertz CT molecular complexity index is 565. The number of likely N-dealkylation sites (tertiary alicyclic amines) is 1. The molecule has 2 aliphatic rings. The van der Waals surface area contributed by atoms with Gasteiger partial charge in [0.15, 0.2) is 5.82 Å². The molecule has 1 N–H and O–H groups in total. The zero-order valence-corrected chi connectivity index (χ0v) is 13.2. The number of piperidine rings is 1. The van der Waals surface area contributed by atoms with Gasteiger partial charge in [-0.1, -0.05) is 18.0 Å². The SMILES string of the molecule is O=C(O)[C@@H]1CCCN(C(=O)CCc2nc(C3CCCC3)no2)C1. The number of rotatable bonds is 5. The van der Waals surface area contributed by atoms with E-state index >= 15 is 0 Å². The molecule has 1 saturated carbocycles. The molecule has 0 aromatic carbocycles. The van der Waals surface area contributed by atoms with E-state index in [4.69, 9.17) is 9.63 Å². The first-order chi connectivity index (χ1) is 11.1. The first-order valence-corrected chi connectivity index (χ1v) is 8.46. The zero-order chi connectivity index (χ0) is 16.2. The number of carbonyl (C=O) groups excluding carboxylic acids is 1. The summed E-state index contributed by atoms with van der Waals surface area (Å²) in [5.41, 5.74) is 0. The Kier molecular flexibility index (Phi) is 4.93. The monoisotopic (exact) mass is 321 g/mol. The fourth-order valence-corrected chi connectivity index (χ4v) is 3.50. The molecule has 126 valence electrons. The highest BCUT2D eigenvalue weighted by Crippen LogP contribution is 2.32. The van der Waals surface area contributed by atoms with Gasteiger partial charge in [-0.05, 0) is 25.7 Å². The van der Waals surface area contributed by atoms with Crippen LogP contribution in [0.1, 0.15) is 62.6 Å². The molecule has 0 bridgehead atoms. The minimum atomic E-state index is -0.819. The van der Waals surface area contributed by atoms with Gasteiger partial charge < -0.3 is 14.5 Å². The molecule has 1 aromatic heterocycles. The van der Waals surface area contributed by atoms with E-state index in [0.717, 1.165) is 25.1 Å². The molecule has 2 heterocycles. The van der Waals surface area contributed by atoms with Crippen molar-refractivity contribution >= 4 is 11.9 Å². The Morgan fingerprint density at radius 2 is 2.00 bits per heavy atom. The summed E-state index contributed by atoms with van der Waals surface area (Å²) in [6.07, 6.45) is 6.76. The van der Waals surface area contributed by atoms with Crippen LogP contribution in [0.2, 0.25) is 0 Å². The number of carboxylic acid groups (broad SMARTS) is 1. The summed E-state index contributed by atoms with van der Waals surface area (Å²) < 4.78 is 5.25. The van der Waals surface area contributed by atoms with Crippen molar-refractivity contribution in [2.45, 2.75) is 57.3 Å². The van der Waals surface area contributed by atoms with E-state index in [1.54, 1.807) is 4.90 Å². The van der Waals surface area contributed by atoms with Gasteiger partial charge in [-0.15, -0.1) is 0 Å². The Labute approximate surface area is 135 Å². The highest BCUT2D eigenvalue weighted by atomic mass is 16.5. The van der Waals surface area contributed by atoms with Gasteiger partial charge in [0.2, 0.25) is 11.8 Å². The van der Waals surface area contributed by atoms with Gasteiger partial charge in [-0.2, -0.15) is 4.98 Å². The van der Waals surface area contributed by atoms with Crippen LogP contribution < -0.4 is 0 Å². The normalized spacial score (nSPS) is 22.4. The molecule has 7 heteroatoms. The van der Waals surface area contributed by atoms with Gasteiger partial charge in [0, 0.05) is 31.8 Å². The maximum absolute atomic E-state index is 12.2. The topological polar surface area (TPSA) is 96.5 Å². The van der Waals surface area contributed by atoms with Crippen molar-refractivity contribution in [3.63, 3.8) is 0 Å². The van der Waals surface area contributed by atoms with E-state index < -0.39 is 11.9 Å². The van der Waals surface area contributed by atoms with Crippen LogP contribution in [-0.2, 0) is 16.0 Å². The second-order valence-electron chi connectivity index (χ2n) is 6.54. The summed E-state index contributed by atoms with van der Waals surface area (Å²) in [5.74, 6) is 0.393. The summed E-state index contributed by atoms with van der Waals surface area (Å²) in [7, 11) is 0. The van der Waals surface area contributed by atoms with Crippen molar-refractivity contribution in [1.82, 2.24) is 15.0 Å². The lowest BCUT2D eigenvalue weighted by molar-refractivity contribution is -0.145. The molecular weight excluding hydrogens is 298 g/mol. The van der Waals surface area contributed by atoms with E-state index in [9.17, 15) is 9.59 Å². The maximum atomic E-state index is 12.2. The van der Waals surface area contributed by atoms with E-state index in [1.165, 1.54) is 12.8 Å². The van der Waals surface area contributed by atoms with Gasteiger partial charge >= 0.3 is 5.97 Å². The predicted octanol–water partition coefficient (Wildman–Crippen LogP) is 1.98. The molecule has 2 fully saturated rings. The Hall–Kier alpha value is -1.92. The predicted molar refractivity (Wildman–Crippen MR) is 80.8 cm³/mol. The van der Waals surface area contributed by atoms with E-state index in [1.807, 2.05) is 0 Å². The minimum absolute atomic E-state index is 0.0310. The molecule has 1 saturated heterocycles. The number of hydrogen-bond acceptors (Lipinski definition) is 5. The fourth-order valence-electron chi connectivity index (χ4n) is 3.50. The standard InChI is InChI=1S/C16H23N3O4/c20-14(19-9-3-6-12(10-19)16(21)22)8-7-13-17-15(18-23-13)11-4-1-2-5-11/h11-12H,1-10H2,(H,21,22)/t12-/m1/s1. The highest BCUT2D eigenvalue weighted by Gasteiger charge is 2.28. The summed E-state index contributed by atoms with van der Waals surface area (Å²) in [6, 6.07) is 0. The van der Waals surface area contributed by atoms with Crippen LogP contribution >= 0.6 is 0 Å². The van der Waals surface area contributed by atoms with Crippen molar-refractivity contribution in [2.75, 3.05) is 13.1 Å². The number of aryl methyl sites for hydroxylation is 1. The third kappa shape index (κ3) is 3.89. The number of aliphatic carboxylic acids is 1. The van der Waals surface area contributed by atoms with E-state index in [0.29, 0.717) is 44.2 Å². The Morgan fingerprint density at radius 3 is 2.74 bits per heavy atom. The van der Waals surface area contributed by atoms with Crippen LogP contribution in [0.5, 0.6) is 0 Å². The fraction of sp³-hybridized carbons (Fsp3) is 0.750. The lowest BCUT2D eigenvalue weighted by Crippen LogP contribution is -2.42. The lowest BCUT2D eigenvalue weighted by atomic mass is 9.98. The van der Waals surface area contributed by atoms with Crippen molar-refractivity contribution < 1.29 is 19.2 Å². The lowest BCUT2D eigenvalue weighted by Gasteiger charge is -2.30. The summed E-state index contributed by atoms with van der Waals surface area (Å²) in [6.45, 7) is 0.949. The molecule has 0 spiro atoms. The van der Waals surface area contributed by atoms with Crippen molar-refractivity contribution in [2.24, 2.45) is 5.92 Å². The number of carbonyl (C=O) groups is 2. The molecule has 7 nitrogen and oxygen atoms in total. The third-order valence-corrected chi connectivity index (χ3v) is 4.88. The van der Waals surface area contributed by atoms with E-state index in [2.05, 4.69) is 10.1 Å². The first-order valence-electron chi connectivity index (χ1n) is 8.46. The molecule has 1 aromatic rings. The first kappa shape index (κ1) is 16.0. The second kappa shape index (κ2) is 7.10. The maximum Gasteiger partial charge on any atom is 0.308 e. The summed E-state index contributed by atoms with van der Waals surface area (Å²) in [5, 5.41) is 13.1. The molecule has 3 rings (SSSR count). The number of carboxylic acids is 1. The quantitative estimate of drug-likeness (QED) is 0.890. The number of hydrogen-bond donors (Lipinski definition) is 1. The number of nitrogens with zero attached hydrogens (tertiary/aromatic N) is 3. The van der Waals surface area contributed by atoms with Gasteiger partial charge in [0.05, 0.1) is 5.92 Å². The van der Waals surface area contributed by atoms with Crippen molar-refractivity contribution in [3.8, 4) is 0 Å². The highest BCUT2D eigenvalue weighted by molar-refractivity contribution is 5.78. The minimum Gasteiger partial charge on any atom is -0.481 e. The van der Waals surface area contributed by atoms with Gasteiger partial charge in [-0.3, -0.25) is 9.59 Å². The number of amides is 1. The summed E-state index contributed by atoms with van der Waals surface area (Å²) >= 11 is 0. The van der Waals surface area contributed by atoms with Crippen LogP contribution in [0.3, 0.4) is 0 Å². The molecule has 1 amide bonds. The molecule has 1 atom stereocenters. The second-order valence-corrected chi connectivity index (χ2v) is 6.54.